The van der Waals surface area contributed by atoms with Gasteiger partial charge < -0.3 is 14.9 Å². The average Bonchev–Trinajstić information content (AvgIpc) is 3.15. The van der Waals surface area contributed by atoms with Crippen LogP contribution in [0.5, 0.6) is 0 Å². The molecule has 2 aliphatic rings. The molecule has 1 aromatic heterocycles. The molecule has 1 aromatic carbocycles. The summed E-state index contributed by atoms with van der Waals surface area (Å²) in [6.07, 6.45) is 2.44. The minimum absolute atomic E-state index is 0.0112. The highest BCUT2D eigenvalue weighted by Crippen LogP contribution is 2.37. The number of nitrogens with zero attached hydrogens (tertiary/aromatic N) is 2. The van der Waals surface area contributed by atoms with E-state index in [2.05, 4.69) is 39.7 Å². The second-order valence-electron chi connectivity index (χ2n) is 5.63. The first-order valence-electron chi connectivity index (χ1n) is 7.14. The van der Waals surface area contributed by atoms with E-state index < -0.39 is 0 Å². The summed E-state index contributed by atoms with van der Waals surface area (Å²) in [6.45, 7) is 0.592. The van der Waals surface area contributed by atoms with E-state index in [1.807, 2.05) is 0 Å². The minimum Gasteiger partial charge on any atom is -0.392 e. The number of aromatic nitrogens is 2. The van der Waals surface area contributed by atoms with Crippen LogP contribution in [0.2, 0.25) is 0 Å². The normalized spacial score (nSPS) is 28.8. The number of rotatable bonds is 2. The quantitative estimate of drug-likeness (QED) is 0.867. The first-order chi connectivity index (χ1) is 9.81. The molecule has 5 heteroatoms. The number of β-amino-alcohol motifs (C(OH)–C–C–N with tert-alkyl or cyclic N) is 1. The lowest BCUT2D eigenvalue weighted by molar-refractivity contribution is 0.191. The number of hydrogen-bond acceptors (Lipinski definition) is 5. The van der Waals surface area contributed by atoms with Gasteiger partial charge in [-0.25, -0.2) is 0 Å². The first-order valence-corrected chi connectivity index (χ1v) is 7.14. The maximum atomic E-state index is 9.56. The maximum absolute atomic E-state index is 9.56. The zero-order valence-corrected chi connectivity index (χ0v) is 11.1. The fourth-order valence-corrected chi connectivity index (χ4v) is 3.26. The van der Waals surface area contributed by atoms with Crippen molar-refractivity contribution in [2.24, 2.45) is 0 Å². The van der Waals surface area contributed by atoms with Crippen LogP contribution in [0.4, 0.5) is 0 Å². The van der Waals surface area contributed by atoms with Gasteiger partial charge in [-0.1, -0.05) is 29.4 Å². The van der Waals surface area contributed by atoms with E-state index in [4.69, 9.17) is 4.52 Å². The summed E-state index contributed by atoms with van der Waals surface area (Å²) in [5, 5.41) is 16.9. The molecule has 2 heterocycles. The smallest absolute Gasteiger partial charge is 0.243 e. The van der Waals surface area contributed by atoms with Gasteiger partial charge in [0, 0.05) is 12.5 Å². The molecule has 2 aromatic rings. The van der Waals surface area contributed by atoms with E-state index in [1.54, 1.807) is 0 Å². The molecule has 20 heavy (non-hydrogen) atoms. The van der Waals surface area contributed by atoms with Crippen LogP contribution in [0.25, 0.3) is 0 Å². The summed E-state index contributed by atoms with van der Waals surface area (Å²) >= 11 is 0. The maximum Gasteiger partial charge on any atom is 0.243 e. The van der Waals surface area contributed by atoms with Crippen LogP contribution in [-0.2, 0) is 6.42 Å². The molecule has 1 aliphatic heterocycles. The summed E-state index contributed by atoms with van der Waals surface area (Å²) in [4.78, 5) is 4.56. The predicted octanol–water partition coefficient (Wildman–Crippen LogP) is 1.54. The van der Waals surface area contributed by atoms with Crippen LogP contribution in [-0.4, -0.2) is 27.9 Å². The van der Waals surface area contributed by atoms with E-state index >= 15 is 0 Å². The zero-order valence-electron chi connectivity index (χ0n) is 11.1. The number of aliphatic hydroxyl groups excluding tert-OH is 1. The molecule has 1 aliphatic carbocycles. The van der Waals surface area contributed by atoms with Crippen molar-refractivity contribution in [1.29, 1.82) is 0 Å². The Bertz CT molecular complexity index is 625. The molecule has 2 unspecified atom stereocenters. The Kier molecular flexibility index (Phi) is 2.82. The number of fused-ring (bicyclic) bond motifs is 1. The van der Waals surface area contributed by atoms with Gasteiger partial charge in [0.25, 0.3) is 0 Å². The Morgan fingerprint density at radius 1 is 1.30 bits per heavy atom. The highest BCUT2D eigenvalue weighted by Gasteiger charge is 2.31. The number of aryl methyl sites for hydroxylation is 1. The molecule has 104 valence electrons. The monoisotopic (exact) mass is 271 g/mol. The van der Waals surface area contributed by atoms with E-state index in [9.17, 15) is 5.11 Å². The largest absolute Gasteiger partial charge is 0.392 e. The molecular weight excluding hydrogens is 254 g/mol. The molecule has 3 atom stereocenters. The van der Waals surface area contributed by atoms with Crippen LogP contribution in [0.15, 0.2) is 28.8 Å². The highest BCUT2D eigenvalue weighted by atomic mass is 16.5. The molecule has 0 bridgehead atoms. The van der Waals surface area contributed by atoms with Crippen molar-refractivity contribution in [1.82, 2.24) is 15.5 Å². The van der Waals surface area contributed by atoms with Gasteiger partial charge in [0.1, 0.15) is 0 Å². The third kappa shape index (κ3) is 1.94. The van der Waals surface area contributed by atoms with Crippen molar-refractivity contribution >= 4 is 0 Å². The minimum atomic E-state index is -0.317. The van der Waals surface area contributed by atoms with E-state index in [-0.39, 0.29) is 18.1 Å². The Hall–Kier alpha value is -1.72. The van der Waals surface area contributed by atoms with E-state index in [1.165, 1.54) is 11.1 Å². The Balaban J connectivity index is 1.60. The molecule has 1 saturated heterocycles. The lowest BCUT2D eigenvalue weighted by atomic mass is 10.0. The Labute approximate surface area is 117 Å². The van der Waals surface area contributed by atoms with Gasteiger partial charge in [-0.15, -0.1) is 0 Å². The zero-order chi connectivity index (χ0) is 13.5. The molecule has 4 rings (SSSR count). The van der Waals surface area contributed by atoms with Gasteiger partial charge in [-0.2, -0.15) is 4.98 Å². The number of benzene rings is 1. The van der Waals surface area contributed by atoms with Crippen molar-refractivity contribution in [2.45, 2.75) is 37.3 Å². The van der Waals surface area contributed by atoms with Gasteiger partial charge in [0.2, 0.25) is 5.89 Å². The molecule has 0 amide bonds. The fourth-order valence-electron chi connectivity index (χ4n) is 3.26. The molecule has 0 radical (unpaired) electrons. The average molecular weight is 271 g/mol. The van der Waals surface area contributed by atoms with Gasteiger partial charge in [-0.3, -0.25) is 0 Å². The van der Waals surface area contributed by atoms with Crippen molar-refractivity contribution in [2.75, 3.05) is 6.54 Å². The summed E-state index contributed by atoms with van der Waals surface area (Å²) in [5.41, 5.74) is 2.71. The van der Waals surface area contributed by atoms with Crippen LogP contribution in [0.3, 0.4) is 0 Å². The van der Waals surface area contributed by atoms with E-state index in [0.29, 0.717) is 18.9 Å². The SMILES string of the molecule is OC1CN[C@H](c2nc(C3CCc4ccccc43)no2)C1. The van der Waals surface area contributed by atoms with Crippen LogP contribution < -0.4 is 5.32 Å². The predicted molar refractivity (Wildman–Crippen MR) is 72.3 cm³/mol. The molecular formula is C15H17N3O2. The van der Waals surface area contributed by atoms with Crippen LogP contribution in [0, 0.1) is 0 Å². The summed E-state index contributed by atoms with van der Waals surface area (Å²) in [7, 11) is 0. The van der Waals surface area contributed by atoms with Crippen molar-refractivity contribution in [3.05, 3.63) is 47.1 Å². The van der Waals surface area contributed by atoms with Gasteiger partial charge in [0.05, 0.1) is 12.1 Å². The van der Waals surface area contributed by atoms with E-state index in [0.717, 1.165) is 18.7 Å². The molecule has 1 fully saturated rings. The number of nitrogens with one attached hydrogen (secondary N) is 1. The summed E-state index contributed by atoms with van der Waals surface area (Å²) < 4.78 is 5.39. The summed E-state index contributed by atoms with van der Waals surface area (Å²) in [6, 6.07) is 8.45. The van der Waals surface area contributed by atoms with Gasteiger partial charge in [-0.05, 0) is 30.4 Å². The van der Waals surface area contributed by atoms with Crippen LogP contribution in [0.1, 0.15) is 47.6 Å². The molecule has 2 N–H and O–H groups in total. The second-order valence-corrected chi connectivity index (χ2v) is 5.63. The third-order valence-electron chi connectivity index (χ3n) is 4.31. The lowest BCUT2D eigenvalue weighted by Gasteiger charge is -2.06. The van der Waals surface area contributed by atoms with Crippen molar-refractivity contribution in [3.63, 3.8) is 0 Å². The second kappa shape index (κ2) is 4.68. The van der Waals surface area contributed by atoms with Crippen molar-refractivity contribution < 1.29 is 9.63 Å². The lowest BCUT2D eigenvalue weighted by Crippen LogP contribution is -2.15. The van der Waals surface area contributed by atoms with Crippen LogP contribution >= 0.6 is 0 Å². The number of hydrogen-bond donors (Lipinski definition) is 2. The molecule has 0 spiro atoms. The highest BCUT2D eigenvalue weighted by molar-refractivity contribution is 5.38. The first kappa shape index (κ1) is 12.1. The standard InChI is InChI=1S/C15H17N3O2/c19-10-7-13(16-8-10)15-17-14(18-20-15)12-6-5-9-3-1-2-4-11(9)12/h1-4,10,12-13,16,19H,5-8H2/t10?,12?,13-/m0/s1. The Morgan fingerprint density at radius 2 is 2.20 bits per heavy atom. The van der Waals surface area contributed by atoms with Crippen molar-refractivity contribution in [3.8, 4) is 0 Å². The molecule has 5 nitrogen and oxygen atoms in total. The Morgan fingerprint density at radius 3 is 3.05 bits per heavy atom. The van der Waals surface area contributed by atoms with Gasteiger partial charge in [0.15, 0.2) is 5.82 Å². The number of aliphatic hydroxyl groups is 1. The third-order valence-corrected chi connectivity index (χ3v) is 4.31. The van der Waals surface area contributed by atoms with Gasteiger partial charge >= 0.3 is 0 Å². The molecule has 0 saturated carbocycles. The topological polar surface area (TPSA) is 71.2 Å². The summed E-state index contributed by atoms with van der Waals surface area (Å²) in [5.74, 6) is 1.61. The fraction of sp³-hybridized carbons (Fsp3) is 0.467.